The van der Waals surface area contributed by atoms with Gasteiger partial charge in [0.05, 0.1) is 11.3 Å². The smallest absolute Gasteiger partial charge is 0.265 e. The molecule has 0 radical (unpaired) electrons. The summed E-state index contributed by atoms with van der Waals surface area (Å²) in [7, 11) is 0. The molecule has 2 aromatic rings. The van der Waals surface area contributed by atoms with Crippen molar-refractivity contribution in [2.24, 2.45) is 0 Å². The van der Waals surface area contributed by atoms with Gasteiger partial charge < -0.3 is 4.90 Å². The first-order valence-electron chi connectivity index (χ1n) is 8.02. The Balaban J connectivity index is 1.88. The Morgan fingerprint density at radius 2 is 1.67 bits per heavy atom. The van der Waals surface area contributed by atoms with Crippen molar-refractivity contribution in [3.8, 4) is 0 Å². The van der Waals surface area contributed by atoms with Gasteiger partial charge in [0, 0.05) is 12.1 Å². The molecule has 1 atom stereocenters. The summed E-state index contributed by atoms with van der Waals surface area (Å²) >= 11 is 0. The lowest BCUT2D eigenvalue weighted by molar-refractivity contribution is -0.121. The molecule has 2 heterocycles. The first-order chi connectivity index (χ1) is 11.7. The monoisotopic (exact) mass is 320 g/mol. The summed E-state index contributed by atoms with van der Waals surface area (Å²) in [4.78, 5) is 41.6. The van der Waals surface area contributed by atoms with Crippen LogP contribution in [0.4, 0.5) is 5.69 Å². The van der Waals surface area contributed by atoms with Crippen molar-refractivity contribution in [1.29, 1.82) is 0 Å². The topological polar surface area (TPSA) is 57.7 Å². The van der Waals surface area contributed by atoms with Crippen LogP contribution in [0.5, 0.6) is 0 Å². The number of benzene rings is 2. The number of rotatable bonds is 1. The molecule has 0 aromatic heterocycles. The van der Waals surface area contributed by atoms with Gasteiger partial charge in [0.2, 0.25) is 0 Å². The number of amides is 3. The van der Waals surface area contributed by atoms with Crippen molar-refractivity contribution >= 4 is 23.4 Å². The van der Waals surface area contributed by atoms with Gasteiger partial charge in [-0.05, 0) is 37.1 Å². The van der Waals surface area contributed by atoms with Crippen LogP contribution in [0.15, 0.2) is 54.6 Å². The maximum atomic E-state index is 13.1. The van der Waals surface area contributed by atoms with Crippen molar-refractivity contribution in [1.82, 2.24) is 4.90 Å². The van der Waals surface area contributed by atoms with Crippen molar-refractivity contribution in [3.05, 3.63) is 65.7 Å². The Morgan fingerprint density at radius 3 is 2.46 bits per heavy atom. The van der Waals surface area contributed by atoms with Gasteiger partial charge in [-0.3, -0.25) is 14.4 Å². The van der Waals surface area contributed by atoms with Crippen LogP contribution in [0.25, 0.3) is 0 Å². The summed E-state index contributed by atoms with van der Waals surface area (Å²) in [6, 6.07) is 15.0. The molecule has 2 aromatic carbocycles. The molecule has 2 aliphatic heterocycles. The number of hydrogen-bond acceptors (Lipinski definition) is 3. The second-order valence-corrected chi connectivity index (χ2v) is 6.02. The number of anilines is 1. The average Bonchev–Trinajstić information content (AvgIpc) is 3.09. The van der Waals surface area contributed by atoms with E-state index in [1.165, 1.54) is 4.90 Å². The van der Waals surface area contributed by atoms with Gasteiger partial charge in [-0.1, -0.05) is 30.3 Å². The molecule has 1 saturated heterocycles. The van der Waals surface area contributed by atoms with E-state index in [0.29, 0.717) is 29.8 Å². The van der Waals surface area contributed by atoms with E-state index >= 15 is 0 Å². The first kappa shape index (κ1) is 14.6. The summed E-state index contributed by atoms with van der Waals surface area (Å²) in [5.74, 6) is -0.890. The summed E-state index contributed by atoms with van der Waals surface area (Å²) in [5, 5.41) is 0. The van der Waals surface area contributed by atoms with E-state index < -0.39 is 11.9 Å². The molecule has 5 heteroatoms. The molecular weight excluding hydrogens is 304 g/mol. The predicted molar refractivity (Wildman–Crippen MR) is 88.8 cm³/mol. The van der Waals surface area contributed by atoms with Crippen molar-refractivity contribution in [2.45, 2.75) is 18.9 Å². The average molecular weight is 320 g/mol. The molecule has 1 fully saturated rings. The zero-order chi connectivity index (χ0) is 16.7. The van der Waals surface area contributed by atoms with Crippen LogP contribution in [0, 0.1) is 0 Å². The third-order valence-electron chi connectivity index (χ3n) is 4.62. The molecular formula is C19H16N2O3. The lowest BCUT2D eigenvalue weighted by Crippen LogP contribution is -2.47. The minimum absolute atomic E-state index is 0.176. The van der Waals surface area contributed by atoms with Gasteiger partial charge in [-0.15, -0.1) is 0 Å². The predicted octanol–water partition coefficient (Wildman–Crippen LogP) is 2.48. The highest BCUT2D eigenvalue weighted by Crippen LogP contribution is 2.33. The van der Waals surface area contributed by atoms with E-state index in [4.69, 9.17) is 0 Å². The Labute approximate surface area is 139 Å². The van der Waals surface area contributed by atoms with Gasteiger partial charge in [0.1, 0.15) is 6.04 Å². The number of para-hydroxylation sites is 1. The van der Waals surface area contributed by atoms with Crippen LogP contribution < -0.4 is 4.90 Å². The summed E-state index contributed by atoms with van der Waals surface area (Å²) < 4.78 is 0. The van der Waals surface area contributed by atoms with Crippen LogP contribution in [-0.2, 0) is 4.79 Å². The second kappa shape index (κ2) is 5.60. The van der Waals surface area contributed by atoms with Gasteiger partial charge >= 0.3 is 0 Å². The highest BCUT2D eigenvalue weighted by Gasteiger charge is 2.44. The Morgan fingerprint density at radius 1 is 0.958 bits per heavy atom. The zero-order valence-electron chi connectivity index (χ0n) is 13.0. The third-order valence-corrected chi connectivity index (χ3v) is 4.62. The molecule has 5 nitrogen and oxygen atoms in total. The fourth-order valence-corrected chi connectivity index (χ4v) is 3.46. The van der Waals surface area contributed by atoms with E-state index in [2.05, 4.69) is 0 Å². The normalized spacial score (nSPS) is 19.8. The lowest BCUT2D eigenvalue weighted by atomic mass is 10.1. The minimum Gasteiger partial charge on any atom is -0.327 e. The van der Waals surface area contributed by atoms with Crippen LogP contribution in [0.1, 0.15) is 33.6 Å². The molecule has 0 N–H and O–H groups in total. The molecule has 0 bridgehead atoms. The van der Waals surface area contributed by atoms with E-state index in [-0.39, 0.29) is 11.8 Å². The number of carbonyl (C=O) groups excluding carboxylic acids is 3. The standard InChI is InChI=1S/C19H16N2O3/c22-17(13-7-2-1-3-8-13)21-15-10-5-4-9-14(15)18(23)20-12-6-11-16(20)19(21)24/h1-5,7-10,16H,6,11-12H2/t16-/m0/s1. The third kappa shape index (κ3) is 2.12. The van der Waals surface area contributed by atoms with Crippen LogP contribution in [-0.4, -0.2) is 35.2 Å². The largest absolute Gasteiger partial charge is 0.327 e. The number of carbonyl (C=O) groups is 3. The van der Waals surface area contributed by atoms with Gasteiger partial charge in [-0.25, -0.2) is 4.90 Å². The molecule has 0 saturated carbocycles. The molecule has 2 aliphatic rings. The van der Waals surface area contributed by atoms with Crippen molar-refractivity contribution in [2.75, 3.05) is 11.4 Å². The summed E-state index contributed by atoms with van der Waals surface area (Å²) in [6.07, 6.45) is 1.37. The van der Waals surface area contributed by atoms with Crippen LogP contribution in [0.2, 0.25) is 0 Å². The number of hydrogen-bond donors (Lipinski definition) is 0. The molecule has 0 unspecified atom stereocenters. The summed E-state index contributed by atoms with van der Waals surface area (Å²) in [5.41, 5.74) is 1.20. The van der Waals surface area contributed by atoms with Crippen LogP contribution >= 0.6 is 0 Å². The number of fused-ring (bicyclic) bond motifs is 2. The summed E-state index contributed by atoms with van der Waals surface area (Å²) in [6.45, 7) is 0.553. The fourth-order valence-electron chi connectivity index (χ4n) is 3.46. The Hall–Kier alpha value is -2.95. The lowest BCUT2D eigenvalue weighted by Gasteiger charge is -2.24. The second-order valence-electron chi connectivity index (χ2n) is 6.02. The molecule has 0 spiro atoms. The maximum Gasteiger partial charge on any atom is 0.265 e. The Bertz CT molecular complexity index is 832. The SMILES string of the molecule is O=C(c1ccccc1)N1C(=O)[C@@H]2CCCN2C(=O)c2ccccc21. The van der Waals surface area contributed by atoms with Crippen LogP contribution in [0.3, 0.4) is 0 Å². The molecule has 0 aliphatic carbocycles. The maximum absolute atomic E-state index is 13.1. The number of imide groups is 1. The van der Waals surface area contributed by atoms with E-state index in [0.717, 1.165) is 6.42 Å². The Kier molecular flexibility index (Phi) is 3.41. The van der Waals surface area contributed by atoms with E-state index in [1.807, 2.05) is 6.07 Å². The van der Waals surface area contributed by atoms with E-state index in [9.17, 15) is 14.4 Å². The quantitative estimate of drug-likeness (QED) is 0.759. The fraction of sp³-hybridized carbons (Fsp3) is 0.211. The van der Waals surface area contributed by atoms with Gasteiger partial charge in [-0.2, -0.15) is 0 Å². The molecule has 3 amide bonds. The first-order valence-corrected chi connectivity index (χ1v) is 8.02. The number of nitrogens with zero attached hydrogens (tertiary/aromatic N) is 2. The molecule has 4 rings (SSSR count). The molecule has 120 valence electrons. The van der Waals surface area contributed by atoms with Crippen molar-refractivity contribution in [3.63, 3.8) is 0 Å². The molecule has 24 heavy (non-hydrogen) atoms. The minimum atomic E-state index is -0.558. The van der Waals surface area contributed by atoms with Crippen molar-refractivity contribution < 1.29 is 14.4 Å². The highest BCUT2D eigenvalue weighted by molar-refractivity contribution is 6.26. The van der Waals surface area contributed by atoms with E-state index in [1.54, 1.807) is 53.4 Å². The zero-order valence-corrected chi connectivity index (χ0v) is 13.0. The highest BCUT2D eigenvalue weighted by atomic mass is 16.2. The van der Waals surface area contributed by atoms with Gasteiger partial charge in [0.15, 0.2) is 0 Å². The van der Waals surface area contributed by atoms with Gasteiger partial charge in [0.25, 0.3) is 17.7 Å².